The summed E-state index contributed by atoms with van der Waals surface area (Å²) in [6.07, 6.45) is 3.33. The van der Waals surface area contributed by atoms with Crippen molar-refractivity contribution in [2.45, 2.75) is 31.3 Å². The number of nitrogens with zero attached hydrogens (tertiary/aromatic N) is 1. The highest BCUT2D eigenvalue weighted by Gasteiger charge is 2.44. The Balaban J connectivity index is 1.27. The van der Waals surface area contributed by atoms with Crippen LogP contribution < -0.4 is 4.74 Å². The van der Waals surface area contributed by atoms with E-state index >= 15 is 0 Å². The molecule has 2 aliphatic rings. The van der Waals surface area contributed by atoms with Gasteiger partial charge >= 0.3 is 0 Å². The highest BCUT2D eigenvalue weighted by Crippen LogP contribution is 2.40. The summed E-state index contributed by atoms with van der Waals surface area (Å²) in [4.78, 5) is 14.6. The Bertz CT molecular complexity index is 747. The lowest BCUT2D eigenvalue weighted by Crippen LogP contribution is -2.38. The van der Waals surface area contributed by atoms with Crippen molar-refractivity contribution in [3.05, 3.63) is 65.5 Å². The average molecular weight is 339 g/mol. The van der Waals surface area contributed by atoms with Gasteiger partial charge in [-0.1, -0.05) is 18.2 Å². The number of hydrogen-bond acceptors (Lipinski definition) is 3. The number of fused-ring (bicyclic) bond motifs is 1. The normalized spacial score (nSPS) is 22.1. The molecular formula is C21H22FNO2. The quantitative estimate of drug-likeness (QED) is 0.775. The molecule has 2 heterocycles. The summed E-state index contributed by atoms with van der Waals surface area (Å²) in [6.45, 7) is 2.83. The number of Topliss-reactive ketones (excluding diaryl/α,β-unsaturated/α-hetero) is 1. The molecule has 130 valence electrons. The molecule has 4 heteroatoms. The number of benzene rings is 2. The van der Waals surface area contributed by atoms with Gasteiger partial charge in [-0.05, 0) is 48.9 Å². The first-order chi connectivity index (χ1) is 12.1. The van der Waals surface area contributed by atoms with Gasteiger partial charge in [-0.3, -0.25) is 9.69 Å². The van der Waals surface area contributed by atoms with E-state index in [0.29, 0.717) is 12.0 Å². The topological polar surface area (TPSA) is 29.5 Å². The first-order valence-electron chi connectivity index (χ1n) is 8.92. The van der Waals surface area contributed by atoms with Crippen LogP contribution in [0.5, 0.6) is 5.75 Å². The monoisotopic (exact) mass is 339 g/mol. The third kappa shape index (κ3) is 3.45. The predicted molar refractivity (Wildman–Crippen MR) is 94.5 cm³/mol. The van der Waals surface area contributed by atoms with E-state index in [-0.39, 0.29) is 17.2 Å². The lowest BCUT2D eigenvalue weighted by Gasteiger charge is -2.24. The first-order valence-corrected chi connectivity index (χ1v) is 8.92. The minimum Gasteiger partial charge on any atom is -0.485 e. The van der Waals surface area contributed by atoms with Gasteiger partial charge in [-0.15, -0.1) is 0 Å². The van der Waals surface area contributed by atoms with Crippen molar-refractivity contribution in [1.82, 2.24) is 4.90 Å². The molecule has 0 amide bonds. The Morgan fingerprint density at radius 1 is 1.16 bits per heavy atom. The van der Waals surface area contributed by atoms with Gasteiger partial charge in [0.15, 0.2) is 5.78 Å². The molecule has 0 radical (unpaired) electrons. The van der Waals surface area contributed by atoms with Crippen LogP contribution in [-0.4, -0.2) is 35.9 Å². The van der Waals surface area contributed by atoms with Crippen LogP contribution in [0.4, 0.5) is 4.39 Å². The molecule has 0 N–H and O–H groups in total. The molecule has 0 aromatic heterocycles. The van der Waals surface area contributed by atoms with Gasteiger partial charge in [0.2, 0.25) is 0 Å². The number of halogens is 1. The second-order valence-electron chi connectivity index (χ2n) is 7.13. The van der Waals surface area contributed by atoms with Crippen molar-refractivity contribution in [1.29, 1.82) is 0 Å². The zero-order chi connectivity index (χ0) is 17.3. The molecular weight excluding hydrogens is 317 g/mol. The highest BCUT2D eigenvalue weighted by molar-refractivity contribution is 5.95. The van der Waals surface area contributed by atoms with E-state index in [1.54, 1.807) is 12.1 Å². The summed E-state index contributed by atoms with van der Waals surface area (Å²) in [5.74, 6) is 0.797. The molecule has 2 aliphatic heterocycles. The largest absolute Gasteiger partial charge is 0.485 e. The molecule has 1 atom stereocenters. The zero-order valence-corrected chi connectivity index (χ0v) is 14.2. The number of ketones is 1. The van der Waals surface area contributed by atoms with Gasteiger partial charge in [0.05, 0.1) is 0 Å². The fourth-order valence-electron chi connectivity index (χ4n) is 3.96. The Labute approximate surface area is 147 Å². The van der Waals surface area contributed by atoms with Crippen LogP contribution >= 0.6 is 0 Å². The van der Waals surface area contributed by atoms with Gasteiger partial charge in [0.25, 0.3) is 0 Å². The molecule has 1 unspecified atom stereocenters. The lowest BCUT2D eigenvalue weighted by atomic mass is 9.96. The summed E-state index contributed by atoms with van der Waals surface area (Å²) >= 11 is 0. The SMILES string of the molecule is O=C(CCCN1CCC2(Cc3ccccc3O2)C1)c1ccc(F)cc1. The van der Waals surface area contributed by atoms with Crippen molar-refractivity contribution in [3.63, 3.8) is 0 Å². The third-order valence-corrected chi connectivity index (χ3v) is 5.25. The number of rotatable bonds is 5. The van der Waals surface area contributed by atoms with E-state index in [0.717, 1.165) is 44.6 Å². The fourth-order valence-corrected chi connectivity index (χ4v) is 3.96. The lowest BCUT2D eigenvalue weighted by molar-refractivity contribution is 0.0959. The van der Waals surface area contributed by atoms with Crippen LogP contribution in [0, 0.1) is 5.82 Å². The standard InChI is InChI=1S/C21H22FNO2/c22-18-9-7-16(8-10-18)19(24)5-3-12-23-13-11-21(15-23)14-17-4-1-2-6-20(17)25-21/h1-2,4,6-10H,3,5,11-15H2. The Hall–Kier alpha value is -2.20. The number of carbonyl (C=O) groups excluding carboxylic acids is 1. The van der Waals surface area contributed by atoms with Crippen LogP contribution in [0.3, 0.4) is 0 Å². The third-order valence-electron chi connectivity index (χ3n) is 5.25. The Kier molecular flexibility index (Phi) is 4.30. The Morgan fingerprint density at radius 3 is 2.76 bits per heavy atom. The number of carbonyl (C=O) groups is 1. The number of ether oxygens (including phenoxy) is 1. The molecule has 0 aliphatic carbocycles. The molecule has 2 aromatic rings. The maximum Gasteiger partial charge on any atom is 0.162 e. The Morgan fingerprint density at radius 2 is 1.96 bits per heavy atom. The van der Waals surface area contributed by atoms with Crippen LogP contribution in [0.1, 0.15) is 35.2 Å². The van der Waals surface area contributed by atoms with Crippen molar-refractivity contribution in [2.24, 2.45) is 0 Å². The van der Waals surface area contributed by atoms with Gasteiger partial charge in [-0.25, -0.2) is 4.39 Å². The van der Waals surface area contributed by atoms with Crippen LogP contribution in [0.2, 0.25) is 0 Å². The number of likely N-dealkylation sites (tertiary alicyclic amines) is 1. The van der Waals surface area contributed by atoms with Crippen molar-refractivity contribution < 1.29 is 13.9 Å². The van der Waals surface area contributed by atoms with E-state index in [1.807, 2.05) is 12.1 Å². The van der Waals surface area contributed by atoms with Crippen molar-refractivity contribution in [2.75, 3.05) is 19.6 Å². The van der Waals surface area contributed by atoms with Crippen LogP contribution in [0.15, 0.2) is 48.5 Å². The molecule has 1 spiro atoms. The van der Waals surface area contributed by atoms with E-state index in [4.69, 9.17) is 4.74 Å². The molecule has 2 aromatic carbocycles. The minimum atomic E-state index is -0.309. The van der Waals surface area contributed by atoms with Crippen LogP contribution in [-0.2, 0) is 6.42 Å². The van der Waals surface area contributed by atoms with Gasteiger partial charge < -0.3 is 4.74 Å². The average Bonchev–Trinajstić information content (AvgIpc) is 3.18. The molecule has 4 rings (SSSR count). The molecule has 25 heavy (non-hydrogen) atoms. The predicted octanol–water partition coefficient (Wildman–Crippen LogP) is 3.87. The molecule has 1 saturated heterocycles. The first kappa shape index (κ1) is 16.3. The molecule has 0 bridgehead atoms. The molecule has 0 saturated carbocycles. The summed E-state index contributed by atoms with van der Waals surface area (Å²) in [7, 11) is 0. The maximum atomic E-state index is 12.9. The van der Waals surface area contributed by atoms with E-state index in [9.17, 15) is 9.18 Å². The van der Waals surface area contributed by atoms with Gasteiger partial charge in [0.1, 0.15) is 17.2 Å². The minimum absolute atomic E-state index is 0.0787. The summed E-state index contributed by atoms with van der Waals surface area (Å²) in [6, 6.07) is 14.1. The molecule has 3 nitrogen and oxygen atoms in total. The molecule has 1 fully saturated rings. The summed E-state index contributed by atoms with van der Waals surface area (Å²) in [5, 5.41) is 0. The smallest absolute Gasteiger partial charge is 0.162 e. The van der Waals surface area contributed by atoms with Crippen molar-refractivity contribution in [3.8, 4) is 5.75 Å². The maximum absolute atomic E-state index is 12.9. The number of para-hydroxylation sites is 1. The van der Waals surface area contributed by atoms with E-state index in [2.05, 4.69) is 17.0 Å². The highest BCUT2D eigenvalue weighted by atomic mass is 19.1. The van der Waals surface area contributed by atoms with E-state index in [1.165, 1.54) is 17.7 Å². The summed E-state index contributed by atoms with van der Waals surface area (Å²) < 4.78 is 19.2. The zero-order valence-electron chi connectivity index (χ0n) is 14.2. The van der Waals surface area contributed by atoms with E-state index < -0.39 is 0 Å². The second kappa shape index (κ2) is 6.60. The van der Waals surface area contributed by atoms with Crippen molar-refractivity contribution >= 4 is 5.78 Å². The second-order valence-corrected chi connectivity index (χ2v) is 7.13. The van der Waals surface area contributed by atoms with Gasteiger partial charge in [-0.2, -0.15) is 0 Å². The van der Waals surface area contributed by atoms with Gasteiger partial charge in [0, 0.05) is 37.9 Å². The van der Waals surface area contributed by atoms with Crippen LogP contribution in [0.25, 0.3) is 0 Å². The summed E-state index contributed by atoms with van der Waals surface area (Å²) in [5.41, 5.74) is 1.81. The fraction of sp³-hybridized carbons (Fsp3) is 0.381. The number of hydrogen-bond donors (Lipinski definition) is 0.